The van der Waals surface area contributed by atoms with E-state index in [1.54, 1.807) is 22.5 Å². The topological polar surface area (TPSA) is 78.5 Å². The third kappa shape index (κ3) is 4.22. The van der Waals surface area contributed by atoms with Gasteiger partial charge in [0.2, 0.25) is 10.0 Å². The van der Waals surface area contributed by atoms with E-state index in [-0.39, 0.29) is 10.8 Å². The van der Waals surface area contributed by atoms with E-state index in [0.717, 1.165) is 19.5 Å². The highest BCUT2D eigenvalue weighted by Gasteiger charge is 2.32. The molecular formula is C18H27N3O3S. The van der Waals surface area contributed by atoms with Gasteiger partial charge in [0.05, 0.1) is 4.90 Å². The van der Waals surface area contributed by atoms with E-state index in [1.807, 2.05) is 0 Å². The molecule has 2 N–H and O–H groups in total. The van der Waals surface area contributed by atoms with Gasteiger partial charge in [-0.2, -0.15) is 4.31 Å². The van der Waals surface area contributed by atoms with Crippen LogP contribution in [0.15, 0.2) is 29.2 Å². The van der Waals surface area contributed by atoms with E-state index in [0.29, 0.717) is 43.0 Å². The summed E-state index contributed by atoms with van der Waals surface area (Å²) in [6, 6.07) is 6.37. The Balaban J connectivity index is 1.74. The number of piperidine rings is 1. The van der Waals surface area contributed by atoms with Gasteiger partial charge in [-0.15, -0.1) is 0 Å². The Labute approximate surface area is 150 Å². The molecule has 25 heavy (non-hydrogen) atoms. The third-order valence-corrected chi connectivity index (χ3v) is 6.81. The monoisotopic (exact) mass is 365 g/mol. The SMILES string of the molecule is CC1CC(C)CN(S(=O)(=O)c2cccc(C(=O)NCC3CNC3)c2)C1. The van der Waals surface area contributed by atoms with Gasteiger partial charge in [-0.3, -0.25) is 4.79 Å². The minimum absolute atomic E-state index is 0.201. The second kappa shape index (κ2) is 7.43. The average Bonchev–Trinajstić information content (AvgIpc) is 2.52. The minimum Gasteiger partial charge on any atom is -0.352 e. The van der Waals surface area contributed by atoms with E-state index in [2.05, 4.69) is 24.5 Å². The molecule has 2 unspecified atom stereocenters. The predicted molar refractivity (Wildman–Crippen MR) is 96.8 cm³/mol. The van der Waals surface area contributed by atoms with Crippen molar-refractivity contribution in [1.82, 2.24) is 14.9 Å². The van der Waals surface area contributed by atoms with Crippen LogP contribution in [0.4, 0.5) is 0 Å². The molecule has 2 aliphatic rings. The van der Waals surface area contributed by atoms with Crippen LogP contribution in [0.1, 0.15) is 30.6 Å². The number of hydrogen-bond donors (Lipinski definition) is 2. The molecule has 0 saturated carbocycles. The van der Waals surface area contributed by atoms with Crippen molar-refractivity contribution >= 4 is 15.9 Å². The summed E-state index contributed by atoms with van der Waals surface area (Å²) in [6.07, 6.45) is 1.05. The molecule has 6 nitrogen and oxygen atoms in total. The van der Waals surface area contributed by atoms with Gasteiger partial charge in [0.15, 0.2) is 0 Å². The number of carbonyl (C=O) groups excluding carboxylic acids is 1. The fraction of sp³-hybridized carbons (Fsp3) is 0.611. The molecule has 2 heterocycles. The Morgan fingerprint density at radius 1 is 1.24 bits per heavy atom. The van der Waals surface area contributed by atoms with Gasteiger partial charge in [0, 0.05) is 44.2 Å². The van der Waals surface area contributed by atoms with Crippen molar-refractivity contribution in [2.45, 2.75) is 25.2 Å². The molecule has 0 radical (unpaired) electrons. The Kier molecular flexibility index (Phi) is 5.46. The maximum absolute atomic E-state index is 13.0. The largest absolute Gasteiger partial charge is 0.352 e. The van der Waals surface area contributed by atoms with Gasteiger partial charge in [-0.1, -0.05) is 19.9 Å². The first-order valence-electron chi connectivity index (χ1n) is 8.95. The van der Waals surface area contributed by atoms with Gasteiger partial charge in [-0.25, -0.2) is 8.42 Å². The first kappa shape index (κ1) is 18.4. The molecule has 0 spiro atoms. The van der Waals surface area contributed by atoms with Crippen molar-refractivity contribution in [3.8, 4) is 0 Å². The van der Waals surface area contributed by atoms with Crippen LogP contribution >= 0.6 is 0 Å². The molecule has 1 amide bonds. The smallest absolute Gasteiger partial charge is 0.251 e. The van der Waals surface area contributed by atoms with Gasteiger partial charge in [-0.05, 0) is 36.5 Å². The molecule has 7 heteroatoms. The van der Waals surface area contributed by atoms with E-state index in [9.17, 15) is 13.2 Å². The molecule has 0 bridgehead atoms. The quantitative estimate of drug-likeness (QED) is 0.824. The second-order valence-electron chi connectivity index (χ2n) is 7.53. The Morgan fingerprint density at radius 2 is 1.92 bits per heavy atom. The van der Waals surface area contributed by atoms with Crippen LogP contribution in [0.3, 0.4) is 0 Å². The van der Waals surface area contributed by atoms with Crippen molar-refractivity contribution in [1.29, 1.82) is 0 Å². The maximum Gasteiger partial charge on any atom is 0.251 e. The van der Waals surface area contributed by atoms with Crippen LogP contribution in [-0.2, 0) is 10.0 Å². The van der Waals surface area contributed by atoms with E-state index in [4.69, 9.17) is 0 Å². The molecular weight excluding hydrogens is 338 g/mol. The Bertz CT molecular complexity index is 721. The van der Waals surface area contributed by atoms with E-state index < -0.39 is 10.0 Å². The number of hydrogen-bond acceptors (Lipinski definition) is 4. The van der Waals surface area contributed by atoms with Crippen LogP contribution in [-0.4, -0.2) is 51.4 Å². The lowest BCUT2D eigenvalue weighted by Gasteiger charge is -2.34. The summed E-state index contributed by atoms with van der Waals surface area (Å²) in [7, 11) is -3.57. The summed E-state index contributed by atoms with van der Waals surface area (Å²) >= 11 is 0. The molecule has 2 atom stereocenters. The molecule has 2 fully saturated rings. The van der Waals surface area contributed by atoms with Crippen LogP contribution in [0.25, 0.3) is 0 Å². The molecule has 138 valence electrons. The third-order valence-electron chi connectivity index (χ3n) is 4.99. The zero-order chi connectivity index (χ0) is 18.0. The Hall–Kier alpha value is -1.44. The van der Waals surface area contributed by atoms with Crippen LogP contribution in [0.5, 0.6) is 0 Å². The zero-order valence-electron chi connectivity index (χ0n) is 14.9. The van der Waals surface area contributed by atoms with Crippen molar-refractivity contribution in [3.63, 3.8) is 0 Å². The predicted octanol–water partition coefficient (Wildman–Crippen LogP) is 1.30. The summed E-state index contributed by atoms with van der Waals surface area (Å²) < 4.78 is 27.5. The van der Waals surface area contributed by atoms with Crippen molar-refractivity contribution in [3.05, 3.63) is 29.8 Å². The van der Waals surface area contributed by atoms with Crippen LogP contribution in [0, 0.1) is 17.8 Å². The highest BCUT2D eigenvalue weighted by Crippen LogP contribution is 2.27. The highest BCUT2D eigenvalue weighted by molar-refractivity contribution is 7.89. The van der Waals surface area contributed by atoms with E-state index >= 15 is 0 Å². The molecule has 0 aliphatic carbocycles. The summed E-state index contributed by atoms with van der Waals surface area (Å²) in [4.78, 5) is 12.5. The standard InChI is InChI=1S/C18H27N3O3S/c1-13-6-14(2)12-21(11-13)25(23,24)17-5-3-4-16(7-17)18(22)20-10-15-8-19-9-15/h3-5,7,13-15,19H,6,8-12H2,1-2H3,(H,20,22). The summed E-state index contributed by atoms with van der Waals surface area (Å²) in [6.45, 7) is 7.69. The lowest BCUT2D eigenvalue weighted by atomic mass is 9.94. The number of sulfonamides is 1. The number of rotatable bonds is 5. The lowest BCUT2D eigenvalue weighted by Crippen LogP contribution is -2.48. The zero-order valence-corrected chi connectivity index (χ0v) is 15.7. The molecule has 3 rings (SSSR count). The van der Waals surface area contributed by atoms with E-state index in [1.165, 1.54) is 6.07 Å². The first-order valence-corrected chi connectivity index (χ1v) is 10.4. The fourth-order valence-electron chi connectivity index (χ4n) is 3.58. The lowest BCUT2D eigenvalue weighted by molar-refractivity contribution is 0.0942. The van der Waals surface area contributed by atoms with Gasteiger partial charge < -0.3 is 10.6 Å². The number of nitrogens with zero attached hydrogens (tertiary/aromatic N) is 1. The maximum atomic E-state index is 13.0. The van der Waals surface area contributed by atoms with Crippen LogP contribution in [0.2, 0.25) is 0 Å². The summed E-state index contributed by atoms with van der Waals surface area (Å²) in [5.74, 6) is 0.943. The minimum atomic E-state index is -3.57. The van der Waals surface area contributed by atoms with Gasteiger partial charge in [0.25, 0.3) is 5.91 Å². The van der Waals surface area contributed by atoms with Gasteiger partial charge in [0.1, 0.15) is 0 Å². The normalized spacial score (nSPS) is 25.4. The molecule has 2 aliphatic heterocycles. The fourth-order valence-corrected chi connectivity index (χ4v) is 5.31. The molecule has 2 saturated heterocycles. The number of nitrogens with one attached hydrogen (secondary N) is 2. The summed E-state index contributed by atoms with van der Waals surface area (Å²) in [5.41, 5.74) is 0.395. The number of benzene rings is 1. The molecule has 1 aromatic carbocycles. The first-order chi connectivity index (χ1) is 11.9. The second-order valence-corrected chi connectivity index (χ2v) is 9.47. The highest BCUT2D eigenvalue weighted by atomic mass is 32.2. The number of carbonyl (C=O) groups is 1. The van der Waals surface area contributed by atoms with Crippen LogP contribution < -0.4 is 10.6 Å². The van der Waals surface area contributed by atoms with Crippen molar-refractivity contribution in [2.24, 2.45) is 17.8 Å². The van der Waals surface area contributed by atoms with Crippen molar-refractivity contribution < 1.29 is 13.2 Å². The summed E-state index contributed by atoms with van der Waals surface area (Å²) in [5, 5.41) is 6.05. The van der Waals surface area contributed by atoms with Gasteiger partial charge >= 0.3 is 0 Å². The average molecular weight is 365 g/mol. The molecule has 1 aromatic rings. The molecule has 0 aromatic heterocycles. The van der Waals surface area contributed by atoms with Crippen molar-refractivity contribution in [2.75, 3.05) is 32.7 Å². The Morgan fingerprint density at radius 3 is 2.52 bits per heavy atom. The number of amides is 1.